The Morgan fingerprint density at radius 2 is 2.19 bits per heavy atom. The third-order valence-electron chi connectivity index (χ3n) is 2.50. The van der Waals surface area contributed by atoms with Gasteiger partial charge in [0.2, 0.25) is 0 Å². The maximum atomic E-state index is 13.3. The summed E-state index contributed by atoms with van der Waals surface area (Å²) in [6, 6.07) is 3.57. The van der Waals surface area contributed by atoms with Gasteiger partial charge in [-0.25, -0.2) is 9.18 Å². The Morgan fingerprint density at radius 1 is 1.48 bits per heavy atom. The monoisotopic (exact) mass is 312 g/mol. The second-order valence-electron chi connectivity index (χ2n) is 3.85. The zero-order valence-electron chi connectivity index (χ0n) is 10.7. The van der Waals surface area contributed by atoms with Crippen LogP contribution in [0.25, 0.3) is 10.1 Å². The van der Waals surface area contributed by atoms with Gasteiger partial charge in [0.1, 0.15) is 11.5 Å². The van der Waals surface area contributed by atoms with Crippen molar-refractivity contribution in [3.63, 3.8) is 0 Å². The number of carbonyl (C=O) groups excluding carboxylic acids is 2. The van der Waals surface area contributed by atoms with Gasteiger partial charge in [0, 0.05) is 10.1 Å². The van der Waals surface area contributed by atoms with Crippen LogP contribution in [-0.4, -0.2) is 23.4 Å². The van der Waals surface area contributed by atoms with Gasteiger partial charge in [-0.2, -0.15) is 0 Å². The number of benzene rings is 1. The number of thiophene rings is 1. The predicted octanol–water partition coefficient (Wildman–Crippen LogP) is 2.45. The van der Waals surface area contributed by atoms with E-state index in [1.807, 2.05) is 0 Å². The highest BCUT2D eigenvalue weighted by Gasteiger charge is 2.26. The molecule has 2 rings (SSSR count). The smallest absolute Gasteiger partial charge is 0.397 e. The zero-order chi connectivity index (χ0) is 15.6. The number of esters is 1. The summed E-state index contributed by atoms with van der Waals surface area (Å²) in [6.07, 6.45) is 0. The van der Waals surface area contributed by atoms with Crippen molar-refractivity contribution in [3.05, 3.63) is 34.1 Å². The molecule has 0 aliphatic rings. The molecule has 0 radical (unpaired) electrons. The number of fused-ring (bicyclic) bond motifs is 1. The second-order valence-corrected chi connectivity index (χ2v) is 4.89. The fourth-order valence-electron chi connectivity index (χ4n) is 1.67. The van der Waals surface area contributed by atoms with Crippen molar-refractivity contribution in [3.8, 4) is 0 Å². The van der Waals surface area contributed by atoms with Crippen LogP contribution in [0.1, 0.15) is 6.92 Å². The van der Waals surface area contributed by atoms with Crippen LogP contribution in [0.2, 0.25) is 0 Å². The number of carbonyl (C=O) groups is 2. The minimum absolute atomic E-state index is 0.00659. The Labute approximate surface area is 121 Å². The van der Waals surface area contributed by atoms with Gasteiger partial charge in [-0.3, -0.25) is 14.9 Å². The summed E-state index contributed by atoms with van der Waals surface area (Å²) in [4.78, 5) is 33.2. The molecule has 0 saturated heterocycles. The van der Waals surface area contributed by atoms with Gasteiger partial charge in [0.05, 0.1) is 11.5 Å². The van der Waals surface area contributed by atoms with Crippen molar-refractivity contribution in [2.75, 3.05) is 11.9 Å². The number of hydrogen-bond acceptors (Lipinski definition) is 6. The summed E-state index contributed by atoms with van der Waals surface area (Å²) >= 11 is 0.775. The van der Waals surface area contributed by atoms with Gasteiger partial charge < -0.3 is 10.1 Å². The van der Waals surface area contributed by atoms with Gasteiger partial charge in [-0.05, 0) is 25.1 Å². The Bertz CT molecular complexity index is 743. The van der Waals surface area contributed by atoms with E-state index in [4.69, 9.17) is 0 Å². The average Bonchev–Trinajstić information content (AvgIpc) is 2.77. The largest absolute Gasteiger partial charge is 0.459 e. The maximum absolute atomic E-state index is 13.3. The van der Waals surface area contributed by atoms with Crippen LogP contribution in [0, 0.1) is 15.9 Å². The molecule has 1 heterocycles. The topological polar surface area (TPSA) is 98.5 Å². The molecule has 1 aromatic carbocycles. The Balaban J connectivity index is 2.47. The summed E-state index contributed by atoms with van der Waals surface area (Å²) in [6.45, 7) is 1.51. The number of rotatable bonds is 3. The van der Waals surface area contributed by atoms with E-state index in [1.165, 1.54) is 13.0 Å². The van der Waals surface area contributed by atoms with E-state index in [0.717, 1.165) is 23.5 Å². The molecular weight excluding hydrogens is 303 g/mol. The van der Waals surface area contributed by atoms with Crippen molar-refractivity contribution in [1.29, 1.82) is 0 Å². The minimum atomic E-state index is -1.16. The van der Waals surface area contributed by atoms with Crippen molar-refractivity contribution >= 4 is 44.0 Å². The van der Waals surface area contributed by atoms with E-state index in [-0.39, 0.29) is 22.7 Å². The molecule has 9 heteroatoms. The number of nitro groups is 1. The lowest BCUT2D eigenvalue weighted by Gasteiger charge is -2.03. The summed E-state index contributed by atoms with van der Waals surface area (Å²) in [5.74, 6) is -2.92. The van der Waals surface area contributed by atoms with Gasteiger partial charge >= 0.3 is 16.9 Å². The Kier molecular flexibility index (Phi) is 4.13. The fourth-order valence-corrected chi connectivity index (χ4v) is 2.62. The third-order valence-corrected chi connectivity index (χ3v) is 3.62. The number of ether oxygens (including phenoxy) is 1. The number of nitrogens with zero attached hydrogens (tertiary/aromatic N) is 1. The quantitative estimate of drug-likeness (QED) is 0.406. The van der Waals surface area contributed by atoms with Crippen molar-refractivity contribution in [2.24, 2.45) is 0 Å². The Morgan fingerprint density at radius 3 is 2.81 bits per heavy atom. The fraction of sp³-hybridized carbons (Fsp3) is 0.167. The first-order chi connectivity index (χ1) is 9.93. The van der Waals surface area contributed by atoms with Crippen LogP contribution in [0.15, 0.2) is 18.2 Å². The molecule has 7 nitrogen and oxygen atoms in total. The maximum Gasteiger partial charge on any atom is 0.397 e. The molecule has 1 aromatic heterocycles. The molecule has 0 unspecified atom stereocenters. The average molecular weight is 312 g/mol. The zero-order valence-corrected chi connectivity index (χ0v) is 11.5. The number of nitrogens with one attached hydrogen (secondary N) is 1. The van der Waals surface area contributed by atoms with Gasteiger partial charge in [0.15, 0.2) is 0 Å². The SMILES string of the molecule is CCOC(=O)C(=O)Nc1c([N+](=O)[O-])sc2ccc(F)cc12. The van der Waals surface area contributed by atoms with E-state index in [9.17, 15) is 24.1 Å². The van der Waals surface area contributed by atoms with E-state index in [0.29, 0.717) is 4.70 Å². The lowest BCUT2D eigenvalue weighted by atomic mass is 10.2. The van der Waals surface area contributed by atoms with E-state index >= 15 is 0 Å². The second kappa shape index (κ2) is 5.83. The van der Waals surface area contributed by atoms with Crippen LogP contribution in [-0.2, 0) is 14.3 Å². The molecule has 1 N–H and O–H groups in total. The van der Waals surface area contributed by atoms with E-state index < -0.39 is 22.6 Å². The van der Waals surface area contributed by atoms with E-state index in [1.54, 1.807) is 0 Å². The van der Waals surface area contributed by atoms with Crippen molar-refractivity contribution < 1.29 is 23.6 Å². The van der Waals surface area contributed by atoms with Crippen LogP contribution in [0.5, 0.6) is 0 Å². The van der Waals surface area contributed by atoms with Gasteiger partial charge in [-0.15, -0.1) is 0 Å². The minimum Gasteiger partial charge on any atom is -0.459 e. The number of hydrogen-bond donors (Lipinski definition) is 1. The Hall–Kier alpha value is -2.55. The number of amides is 1. The van der Waals surface area contributed by atoms with Crippen molar-refractivity contribution in [2.45, 2.75) is 6.92 Å². The molecule has 0 aliphatic carbocycles. The number of halogens is 1. The normalized spacial score (nSPS) is 10.4. The molecule has 0 bridgehead atoms. The van der Waals surface area contributed by atoms with Gasteiger partial charge in [-0.1, -0.05) is 11.3 Å². The first-order valence-electron chi connectivity index (χ1n) is 5.78. The lowest BCUT2D eigenvalue weighted by Crippen LogP contribution is -2.25. The first kappa shape index (κ1) is 14.9. The number of anilines is 1. The third kappa shape index (κ3) is 2.97. The molecule has 0 aliphatic heterocycles. The summed E-state index contributed by atoms with van der Waals surface area (Å²) in [5.41, 5.74) is -0.211. The molecule has 0 spiro atoms. The predicted molar refractivity (Wildman–Crippen MR) is 73.7 cm³/mol. The van der Waals surface area contributed by atoms with Crippen LogP contribution in [0.4, 0.5) is 15.1 Å². The highest BCUT2D eigenvalue weighted by molar-refractivity contribution is 7.23. The lowest BCUT2D eigenvalue weighted by molar-refractivity contribution is -0.379. The summed E-state index contributed by atoms with van der Waals surface area (Å²) < 4.78 is 18.2. The molecule has 0 atom stereocenters. The molecule has 0 fully saturated rings. The highest BCUT2D eigenvalue weighted by atomic mass is 32.1. The summed E-state index contributed by atoms with van der Waals surface area (Å²) in [5, 5.41) is 12.9. The highest BCUT2D eigenvalue weighted by Crippen LogP contribution is 2.41. The molecule has 0 saturated carbocycles. The van der Waals surface area contributed by atoms with Crippen LogP contribution >= 0.6 is 11.3 Å². The summed E-state index contributed by atoms with van der Waals surface area (Å²) in [7, 11) is 0. The molecule has 2 aromatic rings. The van der Waals surface area contributed by atoms with Crippen LogP contribution in [0.3, 0.4) is 0 Å². The molecule has 1 amide bonds. The van der Waals surface area contributed by atoms with Crippen LogP contribution < -0.4 is 5.32 Å². The van der Waals surface area contributed by atoms with Crippen molar-refractivity contribution in [1.82, 2.24) is 0 Å². The first-order valence-corrected chi connectivity index (χ1v) is 6.60. The molecule has 21 heavy (non-hydrogen) atoms. The standard InChI is InChI=1S/C12H9FN2O5S/c1-2-20-12(17)10(16)14-9-7-5-6(13)3-4-8(7)21-11(9)15(18)19/h3-5H,2H2,1H3,(H,14,16). The molecular formula is C12H9FN2O5S. The van der Waals surface area contributed by atoms with Gasteiger partial charge in [0.25, 0.3) is 0 Å². The molecule has 110 valence electrons. The van der Waals surface area contributed by atoms with E-state index in [2.05, 4.69) is 10.1 Å².